The van der Waals surface area contributed by atoms with E-state index in [2.05, 4.69) is 40.8 Å². The first-order chi connectivity index (χ1) is 12.2. The van der Waals surface area contributed by atoms with Crippen molar-refractivity contribution in [2.75, 3.05) is 7.11 Å². The SMILES string of the molecule is COCc1cc(Sc2nc3nc(C)c(C)c(C)n3n2)nc(C(C)(C)C)n1. The van der Waals surface area contributed by atoms with E-state index in [1.54, 1.807) is 11.6 Å². The van der Waals surface area contributed by atoms with E-state index < -0.39 is 0 Å². The van der Waals surface area contributed by atoms with Crippen molar-refractivity contribution in [3.8, 4) is 0 Å². The predicted molar refractivity (Wildman–Crippen MR) is 101 cm³/mol. The third kappa shape index (κ3) is 3.71. The summed E-state index contributed by atoms with van der Waals surface area (Å²) in [5.74, 6) is 1.38. The summed E-state index contributed by atoms with van der Waals surface area (Å²) < 4.78 is 7.03. The van der Waals surface area contributed by atoms with Gasteiger partial charge in [-0.25, -0.2) is 19.5 Å². The van der Waals surface area contributed by atoms with E-state index >= 15 is 0 Å². The second kappa shape index (κ2) is 6.92. The van der Waals surface area contributed by atoms with Crippen LogP contribution in [-0.4, -0.2) is 36.7 Å². The molecule has 0 aromatic carbocycles. The summed E-state index contributed by atoms with van der Waals surface area (Å²) in [5, 5.41) is 6.01. The minimum absolute atomic E-state index is 0.155. The first-order valence-corrected chi connectivity index (χ1v) is 9.26. The number of ether oxygens (including phenoxy) is 1. The molecule has 0 atom stereocenters. The fourth-order valence-electron chi connectivity index (χ4n) is 2.46. The topological polar surface area (TPSA) is 78.1 Å². The van der Waals surface area contributed by atoms with Crippen molar-refractivity contribution in [3.05, 3.63) is 34.5 Å². The van der Waals surface area contributed by atoms with Gasteiger partial charge < -0.3 is 4.74 Å². The number of fused-ring (bicyclic) bond motifs is 1. The van der Waals surface area contributed by atoms with Gasteiger partial charge >= 0.3 is 0 Å². The molecule has 26 heavy (non-hydrogen) atoms. The largest absolute Gasteiger partial charge is 0.378 e. The lowest BCUT2D eigenvalue weighted by molar-refractivity contribution is 0.180. The van der Waals surface area contributed by atoms with Crippen molar-refractivity contribution < 1.29 is 4.74 Å². The average molecular weight is 372 g/mol. The molecule has 3 aromatic rings. The van der Waals surface area contributed by atoms with Crippen LogP contribution in [0.5, 0.6) is 0 Å². The van der Waals surface area contributed by atoms with Crippen LogP contribution in [0.1, 0.15) is 49.2 Å². The molecule has 0 saturated heterocycles. The highest BCUT2D eigenvalue weighted by molar-refractivity contribution is 7.99. The highest BCUT2D eigenvalue weighted by Crippen LogP contribution is 2.27. The van der Waals surface area contributed by atoms with E-state index in [1.807, 2.05) is 26.8 Å². The lowest BCUT2D eigenvalue weighted by Crippen LogP contribution is -2.17. The molecule has 0 spiro atoms. The van der Waals surface area contributed by atoms with Gasteiger partial charge in [-0.1, -0.05) is 20.8 Å². The fourth-order valence-corrected chi connectivity index (χ4v) is 3.22. The van der Waals surface area contributed by atoms with Gasteiger partial charge in [0.15, 0.2) is 0 Å². The van der Waals surface area contributed by atoms with E-state index in [1.165, 1.54) is 11.8 Å². The van der Waals surface area contributed by atoms with Crippen molar-refractivity contribution in [3.63, 3.8) is 0 Å². The fraction of sp³-hybridized carbons (Fsp3) is 0.500. The van der Waals surface area contributed by atoms with Crippen LogP contribution in [0.4, 0.5) is 0 Å². The van der Waals surface area contributed by atoms with Crippen LogP contribution < -0.4 is 0 Å². The number of methoxy groups -OCH3 is 1. The molecular weight excluding hydrogens is 348 g/mol. The Balaban J connectivity index is 2.01. The van der Waals surface area contributed by atoms with Crippen molar-refractivity contribution in [2.24, 2.45) is 0 Å². The molecule has 138 valence electrons. The number of hydrogen-bond donors (Lipinski definition) is 0. The number of aryl methyl sites for hydroxylation is 2. The normalized spacial score (nSPS) is 12.1. The summed E-state index contributed by atoms with van der Waals surface area (Å²) in [6.45, 7) is 12.8. The van der Waals surface area contributed by atoms with Crippen molar-refractivity contribution in [1.29, 1.82) is 0 Å². The lowest BCUT2D eigenvalue weighted by Gasteiger charge is -2.18. The van der Waals surface area contributed by atoms with Gasteiger partial charge in [0, 0.05) is 23.9 Å². The number of rotatable bonds is 4. The van der Waals surface area contributed by atoms with Gasteiger partial charge in [-0.2, -0.15) is 4.98 Å². The molecule has 7 nitrogen and oxygen atoms in total. The van der Waals surface area contributed by atoms with Crippen LogP contribution in [0, 0.1) is 20.8 Å². The molecule has 0 aliphatic rings. The second-order valence-electron chi connectivity index (χ2n) is 7.32. The van der Waals surface area contributed by atoms with Gasteiger partial charge in [0.2, 0.25) is 5.16 Å². The predicted octanol–water partition coefficient (Wildman–Crippen LogP) is 3.43. The van der Waals surface area contributed by atoms with E-state index in [0.717, 1.165) is 33.5 Å². The quantitative estimate of drug-likeness (QED) is 0.649. The zero-order valence-electron chi connectivity index (χ0n) is 16.3. The molecule has 0 unspecified atom stereocenters. The molecular formula is C18H24N6OS. The van der Waals surface area contributed by atoms with Crippen LogP contribution in [0.3, 0.4) is 0 Å². The molecule has 3 heterocycles. The minimum Gasteiger partial charge on any atom is -0.378 e. The Morgan fingerprint density at radius 3 is 2.46 bits per heavy atom. The maximum atomic E-state index is 5.25. The monoisotopic (exact) mass is 372 g/mol. The van der Waals surface area contributed by atoms with Crippen LogP contribution in [0.2, 0.25) is 0 Å². The van der Waals surface area contributed by atoms with E-state index in [0.29, 0.717) is 17.5 Å². The third-order valence-corrected chi connectivity index (χ3v) is 4.93. The number of nitrogens with zero attached hydrogens (tertiary/aromatic N) is 6. The Kier molecular flexibility index (Phi) is 4.98. The number of hydrogen-bond acceptors (Lipinski definition) is 7. The second-order valence-corrected chi connectivity index (χ2v) is 8.31. The summed E-state index contributed by atoms with van der Waals surface area (Å²) >= 11 is 1.41. The van der Waals surface area contributed by atoms with Gasteiger partial charge in [-0.15, -0.1) is 5.10 Å². The molecule has 0 aliphatic heterocycles. The van der Waals surface area contributed by atoms with Crippen molar-refractivity contribution in [1.82, 2.24) is 29.5 Å². The van der Waals surface area contributed by atoms with Crippen molar-refractivity contribution >= 4 is 17.5 Å². The maximum absolute atomic E-state index is 5.25. The molecule has 0 N–H and O–H groups in total. The molecule has 8 heteroatoms. The standard InChI is InChI=1S/C18H24N6OS/c1-10-11(2)19-16-22-17(23-24(16)12(10)3)26-14-8-13(9-25-7)20-15(21-14)18(4,5)6/h8H,9H2,1-7H3. The van der Waals surface area contributed by atoms with Crippen LogP contribution in [0.25, 0.3) is 5.78 Å². The Morgan fingerprint density at radius 1 is 1.08 bits per heavy atom. The van der Waals surface area contributed by atoms with E-state index in [4.69, 9.17) is 9.72 Å². The Hall–Kier alpha value is -2.06. The smallest absolute Gasteiger partial charge is 0.253 e. The van der Waals surface area contributed by atoms with Gasteiger partial charge in [-0.05, 0) is 44.2 Å². The maximum Gasteiger partial charge on any atom is 0.253 e. The molecule has 0 saturated carbocycles. The van der Waals surface area contributed by atoms with Gasteiger partial charge in [0.1, 0.15) is 10.9 Å². The molecule has 3 aromatic heterocycles. The zero-order chi connectivity index (χ0) is 19.1. The summed E-state index contributed by atoms with van der Waals surface area (Å²) in [5.41, 5.74) is 3.83. The van der Waals surface area contributed by atoms with Crippen LogP contribution in [0.15, 0.2) is 16.2 Å². The first kappa shape index (κ1) is 18.7. The Labute approximate surface area is 157 Å². The molecule has 0 fully saturated rings. The van der Waals surface area contributed by atoms with Crippen LogP contribution >= 0.6 is 11.8 Å². The molecule has 0 aliphatic carbocycles. The Bertz CT molecular complexity index is 960. The Morgan fingerprint density at radius 2 is 1.81 bits per heavy atom. The summed E-state index contributed by atoms with van der Waals surface area (Å²) in [4.78, 5) is 18.4. The van der Waals surface area contributed by atoms with Gasteiger partial charge in [0.05, 0.1) is 12.3 Å². The first-order valence-electron chi connectivity index (χ1n) is 8.45. The molecule has 0 radical (unpaired) electrons. The lowest BCUT2D eigenvalue weighted by atomic mass is 9.96. The average Bonchev–Trinajstić information content (AvgIpc) is 2.94. The third-order valence-electron chi connectivity index (χ3n) is 4.16. The van der Waals surface area contributed by atoms with E-state index in [-0.39, 0.29) is 5.41 Å². The van der Waals surface area contributed by atoms with Gasteiger partial charge in [-0.3, -0.25) is 0 Å². The molecule has 0 bridgehead atoms. The van der Waals surface area contributed by atoms with Gasteiger partial charge in [0.25, 0.3) is 5.78 Å². The zero-order valence-corrected chi connectivity index (χ0v) is 17.1. The highest BCUT2D eigenvalue weighted by atomic mass is 32.2. The summed E-state index contributed by atoms with van der Waals surface area (Å²) in [6.07, 6.45) is 0. The number of aromatic nitrogens is 6. The minimum atomic E-state index is -0.155. The molecule has 0 amide bonds. The van der Waals surface area contributed by atoms with Crippen LogP contribution in [-0.2, 0) is 16.8 Å². The summed E-state index contributed by atoms with van der Waals surface area (Å²) in [6, 6.07) is 1.92. The molecule has 3 rings (SSSR count). The highest BCUT2D eigenvalue weighted by Gasteiger charge is 2.20. The summed E-state index contributed by atoms with van der Waals surface area (Å²) in [7, 11) is 1.66. The van der Waals surface area contributed by atoms with Crippen molar-refractivity contribution in [2.45, 2.75) is 63.7 Å². The van der Waals surface area contributed by atoms with E-state index in [9.17, 15) is 0 Å².